The molecule has 1 aromatic heterocycles. The molecule has 0 aliphatic rings. The number of hydrogen-bond acceptors (Lipinski definition) is 3. The van der Waals surface area contributed by atoms with Gasteiger partial charge in [-0.3, -0.25) is 9.97 Å². The van der Waals surface area contributed by atoms with Gasteiger partial charge in [0.05, 0.1) is 11.9 Å². The van der Waals surface area contributed by atoms with Crippen LogP contribution in [-0.4, -0.2) is 15.1 Å². The smallest absolute Gasteiger partial charge is 0.124 e. The predicted octanol–water partition coefficient (Wildman–Crippen LogP) is 2.87. The fourth-order valence-electron chi connectivity index (χ4n) is 1.33. The van der Waals surface area contributed by atoms with Crippen molar-refractivity contribution in [1.29, 1.82) is 0 Å². The summed E-state index contributed by atoms with van der Waals surface area (Å²) >= 11 is 11.8. The molecule has 0 radical (unpaired) electrons. The molecule has 1 heterocycles. The third-order valence-corrected chi connectivity index (χ3v) is 2.68. The summed E-state index contributed by atoms with van der Waals surface area (Å²) < 4.78 is 0. The first kappa shape index (κ1) is 11.3. The quantitative estimate of drug-likeness (QED) is 0.897. The van der Waals surface area contributed by atoms with E-state index in [-0.39, 0.29) is 0 Å². The Morgan fingerprint density at radius 3 is 2.62 bits per heavy atom. The molecule has 1 unspecified atom stereocenters. The second-order valence-corrected chi connectivity index (χ2v) is 4.04. The maximum absolute atomic E-state index is 10.0. The standard InChI is InChI=1S/C11H8Cl2N2O/c12-7-1-2-8(9(13)5-7)11(16)10-6-14-3-4-15-10/h1-6,11,16H. The Morgan fingerprint density at radius 1 is 1.19 bits per heavy atom. The van der Waals surface area contributed by atoms with Gasteiger partial charge in [0.2, 0.25) is 0 Å². The molecule has 0 aliphatic carbocycles. The summed E-state index contributed by atoms with van der Waals surface area (Å²) in [5, 5.41) is 11.0. The number of aromatic nitrogens is 2. The molecular weight excluding hydrogens is 247 g/mol. The lowest BCUT2D eigenvalue weighted by molar-refractivity contribution is 0.215. The van der Waals surface area contributed by atoms with Crippen molar-refractivity contribution in [2.24, 2.45) is 0 Å². The van der Waals surface area contributed by atoms with E-state index in [2.05, 4.69) is 9.97 Å². The van der Waals surface area contributed by atoms with Crippen molar-refractivity contribution in [3.8, 4) is 0 Å². The fraction of sp³-hybridized carbons (Fsp3) is 0.0909. The van der Waals surface area contributed by atoms with E-state index in [9.17, 15) is 5.11 Å². The number of hydrogen-bond donors (Lipinski definition) is 1. The Balaban J connectivity index is 2.38. The highest BCUT2D eigenvalue weighted by molar-refractivity contribution is 6.35. The van der Waals surface area contributed by atoms with Crippen LogP contribution >= 0.6 is 23.2 Å². The molecule has 1 atom stereocenters. The first-order chi connectivity index (χ1) is 7.68. The van der Waals surface area contributed by atoms with Crippen molar-refractivity contribution in [1.82, 2.24) is 9.97 Å². The average molecular weight is 255 g/mol. The monoisotopic (exact) mass is 254 g/mol. The minimum atomic E-state index is -0.890. The van der Waals surface area contributed by atoms with Crippen molar-refractivity contribution < 1.29 is 5.11 Å². The highest BCUT2D eigenvalue weighted by Crippen LogP contribution is 2.28. The summed E-state index contributed by atoms with van der Waals surface area (Å²) in [5.41, 5.74) is 1.01. The molecule has 0 amide bonds. The van der Waals surface area contributed by atoms with E-state index in [1.54, 1.807) is 24.4 Å². The van der Waals surface area contributed by atoms with Gasteiger partial charge in [0, 0.05) is 28.0 Å². The normalized spacial score (nSPS) is 12.4. The van der Waals surface area contributed by atoms with Crippen molar-refractivity contribution in [2.75, 3.05) is 0 Å². The summed E-state index contributed by atoms with van der Waals surface area (Å²) in [6.07, 6.45) is 3.66. The first-order valence-electron chi connectivity index (χ1n) is 4.57. The maximum Gasteiger partial charge on any atom is 0.124 e. The molecule has 0 aliphatic heterocycles. The molecule has 1 aromatic carbocycles. The highest BCUT2D eigenvalue weighted by Gasteiger charge is 2.15. The molecule has 5 heteroatoms. The molecule has 0 bridgehead atoms. The lowest BCUT2D eigenvalue weighted by Crippen LogP contribution is -2.03. The Labute approximate surface area is 103 Å². The zero-order chi connectivity index (χ0) is 11.5. The maximum atomic E-state index is 10.0. The Morgan fingerprint density at radius 2 is 2.00 bits per heavy atom. The number of nitrogens with zero attached hydrogens (tertiary/aromatic N) is 2. The van der Waals surface area contributed by atoms with Gasteiger partial charge in [0.1, 0.15) is 6.10 Å². The zero-order valence-corrected chi connectivity index (χ0v) is 9.65. The van der Waals surface area contributed by atoms with Gasteiger partial charge >= 0.3 is 0 Å². The van der Waals surface area contributed by atoms with Crippen LogP contribution in [0.15, 0.2) is 36.8 Å². The topological polar surface area (TPSA) is 46.0 Å². The van der Waals surface area contributed by atoms with Gasteiger partial charge in [-0.05, 0) is 12.1 Å². The molecule has 82 valence electrons. The van der Waals surface area contributed by atoms with Crippen LogP contribution in [-0.2, 0) is 0 Å². The third-order valence-electron chi connectivity index (χ3n) is 2.12. The van der Waals surface area contributed by atoms with Crippen LogP contribution in [0.2, 0.25) is 10.0 Å². The van der Waals surface area contributed by atoms with E-state index < -0.39 is 6.10 Å². The number of halogens is 2. The van der Waals surface area contributed by atoms with Crippen LogP contribution in [0.3, 0.4) is 0 Å². The molecule has 0 fully saturated rings. The summed E-state index contributed by atoms with van der Waals surface area (Å²) in [7, 11) is 0. The Bertz CT molecular complexity index is 491. The van der Waals surface area contributed by atoms with Gasteiger partial charge in [-0.1, -0.05) is 29.3 Å². The molecule has 0 spiro atoms. The zero-order valence-electron chi connectivity index (χ0n) is 8.14. The Kier molecular flexibility index (Phi) is 3.39. The molecule has 16 heavy (non-hydrogen) atoms. The van der Waals surface area contributed by atoms with Crippen molar-refractivity contribution in [3.05, 3.63) is 58.1 Å². The van der Waals surface area contributed by atoms with Crippen molar-refractivity contribution in [3.63, 3.8) is 0 Å². The highest BCUT2D eigenvalue weighted by atomic mass is 35.5. The molecular formula is C11H8Cl2N2O. The van der Waals surface area contributed by atoms with E-state index in [1.807, 2.05) is 0 Å². The molecule has 2 aromatic rings. The van der Waals surface area contributed by atoms with Crippen LogP contribution in [0.5, 0.6) is 0 Å². The van der Waals surface area contributed by atoms with Crippen LogP contribution in [0.25, 0.3) is 0 Å². The van der Waals surface area contributed by atoms with Crippen LogP contribution in [0.4, 0.5) is 0 Å². The second kappa shape index (κ2) is 4.78. The first-order valence-corrected chi connectivity index (χ1v) is 5.33. The summed E-state index contributed by atoms with van der Waals surface area (Å²) in [6, 6.07) is 4.92. The van der Waals surface area contributed by atoms with Crippen LogP contribution in [0, 0.1) is 0 Å². The second-order valence-electron chi connectivity index (χ2n) is 3.20. The minimum absolute atomic E-state index is 0.408. The average Bonchev–Trinajstić information content (AvgIpc) is 2.29. The number of aliphatic hydroxyl groups excluding tert-OH is 1. The molecule has 0 saturated carbocycles. The number of rotatable bonds is 2. The third kappa shape index (κ3) is 2.32. The van der Waals surface area contributed by atoms with E-state index in [0.29, 0.717) is 21.3 Å². The van der Waals surface area contributed by atoms with Gasteiger partial charge in [-0.25, -0.2) is 0 Å². The largest absolute Gasteiger partial charge is 0.382 e. The van der Waals surface area contributed by atoms with Gasteiger partial charge in [-0.15, -0.1) is 0 Å². The predicted molar refractivity (Wildman–Crippen MR) is 62.6 cm³/mol. The molecule has 0 saturated heterocycles. The van der Waals surface area contributed by atoms with Crippen molar-refractivity contribution in [2.45, 2.75) is 6.10 Å². The summed E-state index contributed by atoms with van der Waals surface area (Å²) in [5.74, 6) is 0. The van der Waals surface area contributed by atoms with Gasteiger partial charge in [0.25, 0.3) is 0 Å². The van der Waals surface area contributed by atoms with Crippen LogP contribution < -0.4 is 0 Å². The summed E-state index contributed by atoms with van der Waals surface area (Å²) in [4.78, 5) is 7.90. The Hall–Kier alpha value is -1.16. The van der Waals surface area contributed by atoms with Gasteiger partial charge in [0.15, 0.2) is 0 Å². The van der Waals surface area contributed by atoms with E-state index >= 15 is 0 Å². The summed E-state index contributed by atoms with van der Waals surface area (Å²) in [6.45, 7) is 0. The number of aliphatic hydroxyl groups is 1. The van der Waals surface area contributed by atoms with Crippen molar-refractivity contribution >= 4 is 23.2 Å². The SMILES string of the molecule is OC(c1cnccn1)c1ccc(Cl)cc1Cl. The molecule has 2 rings (SSSR count). The van der Waals surface area contributed by atoms with Gasteiger partial charge < -0.3 is 5.11 Å². The fourth-order valence-corrected chi connectivity index (χ4v) is 1.85. The minimum Gasteiger partial charge on any atom is -0.382 e. The molecule has 3 nitrogen and oxygen atoms in total. The van der Waals surface area contributed by atoms with E-state index in [4.69, 9.17) is 23.2 Å². The van der Waals surface area contributed by atoms with E-state index in [1.165, 1.54) is 12.4 Å². The number of benzene rings is 1. The van der Waals surface area contributed by atoms with Crippen LogP contribution in [0.1, 0.15) is 17.4 Å². The van der Waals surface area contributed by atoms with E-state index in [0.717, 1.165) is 0 Å². The molecule has 1 N–H and O–H groups in total. The van der Waals surface area contributed by atoms with Gasteiger partial charge in [-0.2, -0.15) is 0 Å². The lowest BCUT2D eigenvalue weighted by Gasteiger charge is -2.11. The lowest BCUT2D eigenvalue weighted by atomic mass is 10.1.